The monoisotopic (exact) mass is 401 g/mol. The Balaban J connectivity index is 1.60. The molecule has 2 unspecified atom stereocenters. The number of hydrogen-bond acceptors (Lipinski definition) is 5. The molecule has 1 aromatic rings. The number of carbonyl (C=O) groups excluding carboxylic acids is 1. The SMILES string of the molecule is COc1nc(OCC2CCC(F)(F)C2)c(F)cc1CNC(=O)C1CCCN1C. The van der Waals surface area contributed by atoms with E-state index in [1.54, 1.807) is 0 Å². The average molecular weight is 401 g/mol. The number of methoxy groups -OCH3 is 1. The zero-order valence-corrected chi connectivity index (χ0v) is 16.1. The second kappa shape index (κ2) is 8.55. The van der Waals surface area contributed by atoms with Crippen molar-refractivity contribution in [2.45, 2.75) is 50.6 Å². The fourth-order valence-corrected chi connectivity index (χ4v) is 3.82. The summed E-state index contributed by atoms with van der Waals surface area (Å²) in [6.45, 7) is 0.925. The van der Waals surface area contributed by atoms with Crippen LogP contribution in [0.1, 0.15) is 37.7 Å². The molecule has 1 aliphatic heterocycles. The highest BCUT2D eigenvalue weighted by atomic mass is 19.3. The molecule has 2 fully saturated rings. The molecule has 6 nitrogen and oxygen atoms in total. The van der Waals surface area contributed by atoms with Crippen LogP contribution in [0, 0.1) is 11.7 Å². The van der Waals surface area contributed by atoms with E-state index >= 15 is 0 Å². The lowest BCUT2D eigenvalue weighted by atomic mass is 10.1. The summed E-state index contributed by atoms with van der Waals surface area (Å²) in [4.78, 5) is 18.3. The van der Waals surface area contributed by atoms with Crippen molar-refractivity contribution >= 4 is 5.91 Å². The summed E-state index contributed by atoms with van der Waals surface area (Å²) in [5.41, 5.74) is 0.383. The summed E-state index contributed by atoms with van der Waals surface area (Å²) in [6, 6.07) is 1.01. The van der Waals surface area contributed by atoms with Crippen molar-refractivity contribution < 1.29 is 27.4 Å². The normalized spacial score (nSPS) is 24.3. The fourth-order valence-electron chi connectivity index (χ4n) is 3.82. The number of rotatable bonds is 7. The maximum absolute atomic E-state index is 14.4. The zero-order chi connectivity index (χ0) is 20.3. The summed E-state index contributed by atoms with van der Waals surface area (Å²) in [5.74, 6) is -3.99. The second-order valence-electron chi connectivity index (χ2n) is 7.58. The van der Waals surface area contributed by atoms with Crippen LogP contribution >= 0.6 is 0 Å². The van der Waals surface area contributed by atoms with E-state index in [0.29, 0.717) is 12.0 Å². The maximum Gasteiger partial charge on any atom is 0.253 e. The van der Waals surface area contributed by atoms with Crippen molar-refractivity contribution in [3.05, 3.63) is 17.4 Å². The number of nitrogens with one attached hydrogen (secondary N) is 1. The number of likely N-dealkylation sites (tertiary alicyclic amines) is 1. The first kappa shape index (κ1) is 20.7. The Kier molecular flexibility index (Phi) is 6.32. The highest BCUT2D eigenvalue weighted by molar-refractivity contribution is 5.82. The van der Waals surface area contributed by atoms with Gasteiger partial charge in [0.2, 0.25) is 17.7 Å². The number of pyridine rings is 1. The number of nitrogens with zero attached hydrogens (tertiary/aromatic N) is 2. The number of carbonyl (C=O) groups is 1. The third-order valence-electron chi connectivity index (χ3n) is 5.41. The molecule has 2 aliphatic rings. The molecule has 3 rings (SSSR count). The van der Waals surface area contributed by atoms with Gasteiger partial charge in [0.15, 0.2) is 5.82 Å². The van der Waals surface area contributed by atoms with Crippen LogP contribution in [0.3, 0.4) is 0 Å². The number of amides is 1. The van der Waals surface area contributed by atoms with Crippen molar-refractivity contribution in [1.82, 2.24) is 15.2 Å². The lowest BCUT2D eigenvalue weighted by Crippen LogP contribution is -2.41. The lowest BCUT2D eigenvalue weighted by Gasteiger charge is -2.19. The van der Waals surface area contributed by atoms with Gasteiger partial charge in [-0.1, -0.05) is 0 Å². The molecule has 1 saturated carbocycles. The Bertz CT molecular complexity index is 717. The molecule has 9 heteroatoms. The molecule has 156 valence electrons. The van der Waals surface area contributed by atoms with Crippen LogP contribution in [0.4, 0.5) is 13.2 Å². The maximum atomic E-state index is 14.4. The van der Waals surface area contributed by atoms with Crippen LogP contribution in [0.2, 0.25) is 0 Å². The van der Waals surface area contributed by atoms with Crippen LogP contribution in [-0.2, 0) is 11.3 Å². The molecule has 1 saturated heterocycles. The van der Waals surface area contributed by atoms with Crippen LogP contribution < -0.4 is 14.8 Å². The molecule has 0 bridgehead atoms. The van der Waals surface area contributed by atoms with Crippen LogP contribution in [0.15, 0.2) is 6.07 Å². The third kappa shape index (κ3) is 4.87. The number of likely N-dealkylation sites (N-methyl/N-ethyl adjacent to an activating group) is 1. The predicted octanol–water partition coefficient (Wildman–Crippen LogP) is 2.75. The van der Waals surface area contributed by atoms with Gasteiger partial charge in [0.1, 0.15) is 0 Å². The van der Waals surface area contributed by atoms with E-state index in [4.69, 9.17) is 9.47 Å². The van der Waals surface area contributed by atoms with Gasteiger partial charge in [0, 0.05) is 24.9 Å². The third-order valence-corrected chi connectivity index (χ3v) is 5.41. The zero-order valence-electron chi connectivity index (χ0n) is 16.1. The van der Waals surface area contributed by atoms with E-state index in [2.05, 4.69) is 10.3 Å². The van der Waals surface area contributed by atoms with Crippen molar-refractivity contribution in [3.63, 3.8) is 0 Å². The van der Waals surface area contributed by atoms with E-state index in [-0.39, 0.29) is 55.6 Å². The van der Waals surface area contributed by atoms with E-state index in [9.17, 15) is 18.0 Å². The Morgan fingerprint density at radius 3 is 2.79 bits per heavy atom. The molecular formula is C19H26F3N3O3. The van der Waals surface area contributed by atoms with Crippen LogP contribution in [-0.4, -0.2) is 55.1 Å². The first-order valence-corrected chi connectivity index (χ1v) is 9.51. The number of halogens is 3. The smallest absolute Gasteiger partial charge is 0.253 e. The molecule has 1 N–H and O–H groups in total. The molecule has 0 spiro atoms. The van der Waals surface area contributed by atoms with Crippen LogP contribution in [0.25, 0.3) is 0 Å². The van der Waals surface area contributed by atoms with Gasteiger partial charge in [-0.05, 0) is 44.8 Å². The van der Waals surface area contributed by atoms with Crippen LogP contribution in [0.5, 0.6) is 11.8 Å². The molecule has 2 atom stereocenters. The van der Waals surface area contributed by atoms with Crippen molar-refractivity contribution in [1.29, 1.82) is 0 Å². The molecule has 1 aliphatic carbocycles. The molecule has 0 radical (unpaired) electrons. The molecule has 2 heterocycles. The number of alkyl halides is 2. The Morgan fingerprint density at radius 1 is 1.39 bits per heavy atom. The second-order valence-corrected chi connectivity index (χ2v) is 7.58. The average Bonchev–Trinajstić information content (AvgIpc) is 3.23. The summed E-state index contributed by atoms with van der Waals surface area (Å²) < 4.78 is 51.4. The van der Waals surface area contributed by atoms with E-state index in [0.717, 1.165) is 19.4 Å². The molecule has 1 aromatic heterocycles. The van der Waals surface area contributed by atoms with Crippen molar-refractivity contribution in [3.8, 4) is 11.8 Å². The standard InChI is InChI=1S/C19H26F3N3O3/c1-25-7-3-4-15(25)16(26)23-10-13-8-14(20)18(24-17(13)27-2)28-11-12-5-6-19(21,22)9-12/h8,12,15H,3-7,9-11H2,1-2H3,(H,23,26). The predicted molar refractivity (Wildman–Crippen MR) is 96.0 cm³/mol. The summed E-state index contributed by atoms with van der Waals surface area (Å²) in [6.07, 6.45) is 1.66. The van der Waals surface area contributed by atoms with Crippen molar-refractivity contribution in [2.75, 3.05) is 27.3 Å². The van der Waals surface area contributed by atoms with Gasteiger partial charge < -0.3 is 14.8 Å². The summed E-state index contributed by atoms with van der Waals surface area (Å²) >= 11 is 0. The molecule has 0 aromatic carbocycles. The van der Waals surface area contributed by atoms with E-state index in [1.165, 1.54) is 13.2 Å². The first-order valence-electron chi connectivity index (χ1n) is 9.51. The van der Waals surface area contributed by atoms with Gasteiger partial charge in [-0.15, -0.1) is 0 Å². The minimum atomic E-state index is -2.67. The highest BCUT2D eigenvalue weighted by Gasteiger charge is 2.39. The quantitative estimate of drug-likeness (QED) is 0.761. The van der Waals surface area contributed by atoms with Gasteiger partial charge in [-0.3, -0.25) is 9.69 Å². The van der Waals surface area contributed by atoms with E-state index < -0.39 is 11.7 Å². The largest absolute Gasteiger partial charge is 0.481 e. The van der Waals surface area contributed by atoms with Gasteiger partial charge >= 0.3 is 0 Å². The first-order chi connectivity index (χ1) is 13.3. The Morgan fingerprint density at radius 2 is 2.18 bits per heavy atom. The summed E-state index contributed by atoms with van der Waals surface area (Å²) in [7, 11) is 3.28. The van der Waals surface area contributed by atoms with E-state index in [1.807, 2.05) is 11.9 Å². The minimum Gasteiger partial charge on any atom is -0.481 e. The number of hydrogen-bond donors (Lipinski definition) is 1. The fraction of sp³-hybridized carbons (Fsp3) is 0.684. The Labute approximate surface area is 162 Å². The number of ether oxygens (including phenoxy) is 2. The molecule has 1 amide bonds. The minimum absolute atomic E-state index is 0.0211. The van der Waals surface area contributed by atoms with Gasteiger partial charge in [0.05, 0.1) is 19.8 Å². The van der Waals surface area contributed by atoms with Gasteiger partial charge in [-0.2, -0.15) is 4.98 Å². The topological polar surface area (TPSA) is 63.7 Å². The molecule has 28 heavy (non-hydrogen) atoms. The summed E-state index contributed by atoms with van der Waals surface area (Å²) in [5, 5.41) is 2.79. The Hall–Kier alpha value is -2.03. The van der Waals surface area contributed by atoms with Gasteiger partial charge in [0.25, 0.3) is 5.88 Å². The number of aromatic nitrogens is 1. The van der Waals surface area contributed by atoms with Gasteiger partial charge in [-0.25, -0.2) is 13.2 Å². The highest BCUT2D eigenvalue weighted by Crippen LogP contribution is 2.39. The van der Waals surface area contributed by atoms with Crippen molar-refractivity contribution in [2.24, 2.45) is 5.92 Å². The molecular weight excluding hydrogens is 375 g/mol. The lowest BCUT2D eigenvalue weighted by molar-refractivity contribution is -0.125.